The van der Waals surface area contributed by atoms with Crippen molar-refractivity contribution >= 4 is 27.3 Å². The van der Waals surface area contributed by atoms with Gasteiger partial charge in [0.2, 0.25) is 0 Å². The molecule has 0 saturated carbocycles. The Labute approximate surface area is 67.3 Å². The van der Waals surface area contributed by atoms with Gasteiger partial charge in [-0.3, -0.25) is 0 Å². The summed E-state index contributed by atoms with van der Waals surface area (Å²) in [6.45, 7) is 3.75. The molecule has 2 heteroatoms. The van der Waals surface area contributed by atoms with Crippen LogP contribution in [0.25, 0.3) is 0 Å². The minimum Gasteiger partial charge on any atom is -0.149 e. The molecule has 0 N–H and O–H groups in total. The molecule has 0 unspecified atom stereocenters. The number of hydrogen-bond donors (Lipinski definition) is 0. The van der Waals surface area contributed by atoms with Gasteiger partial charge in [-0.15, -0.1) is 11.3 Å². The van der Waals surface area contributed by atoms with Crippen LogP contribution in [0.2, 0.25) is 0 Å². The van der Waals surface area contributed by atoms with Crippen LogP contribution in [0.15, 0.2) is 28.6 Å². The molecule has 1 heterocycles. The quantitative estimate of drug-likeness (QED) is 0.692. The molecule has 0 nitrogen and oxygen atoms in total. The van der Waals surface area contributed by atoms with Crippen molar-refractivity contribution in [3.05, 3.63) is 33.5 Å². The molecule has 0 aromatic carbocycles. The Bertz CT molecular complexity index is 189. The second kappa shape index (κ2) is 3.18. The predicted molar refractivity (Wildman–Crippen MR) is 46.1 cm³/mol. The van der Waals surface area contributed by atoms with E-state index in [9.17, 15) is 0 Å². The topological polar surface area (TPSA) is 0 Å². The normalized spacial score (nSPS) is 9.44. The summed E-state index contributed by atoms with van der Waals surface area (Å²) in [5, 5.41) is 2.07. The van der Waals surface area contributed by atoms with E-state index in [1.165, 1.54) is 4.88 Å². The molecular weight excluding hydrogens is 196 g/mol. The number of hydrogen-bond acceptors (Lipinski definition) is 1. The summed E-state index contributed by atoms with van der Waals surface area (Å²) in [6, 6.07) is 4.16. The summed E-state index contributed by atoms with van der Waals surface area (Å²) in [6.07, 6.45) is 0.956. The zero-order valence-electron chi connectivity index (χ0n) is 4.93. The van der Waals surface area contributed by atoms with Crippen molar-refractivity contribution in [2.75, 3.05) is 0 Å². The van der Waals surface area contributed by atoms with Crippen LogP contribution in [0, 0.1) is 0 Å². The van der Waals surface area contributed by atoms with Gasteiger partial charge in [-0.2, -0.15) is 0 Å². The average Bonchev–Trinajstić information content (AvgIpc) is 2.15. The highest BCUT2D eigenvalue weighted by Crippen LogP contribution is 2.15. The van der Waals surface area contributed by atoms with Gasteiger partial charge in [0.1, 0.15) is 0 Å². The molecule has 1 aromatic rings. The largest absolute Gasteiger partial charge is 0.149 e. The van der Waals surface area contributed by atoms with Crippen LogP contribution in [-0.2, 0) is 6.42 Å². The van der Waals surface area contributed by atoms with E-state index in [1.54, 1.807) is 11.3 Å². The minimum atomic E-state index is 0.956. The first-order chi connectivity index (χ1) is 4.29. The van der Waals surface area contributed by atoms with E-state index >= 15 is 0 Å². The lowest BCUT2D eigenvalue weighted by atomic mass is 10.3. The lowest BCUT2D eigenvalue weighted by Crippen LogP contribution is -1.73. The van der Waals surface area contributed by atoms with Crippen molar-refractivity contribution in [2.45, 2.75) is 6.42 Å². The second-order valence-corrected chi connectivity index (χ2v) is 3.93. The summed E-state index contributed by atoms with van der Waals surface area (Å²) in [5.41, 5.74) is 0. The molecule has 0 saturated heterocycles. The maximum absolute atomic E-state index is 3.75. The first-order valence-electron chi connectivity index (χ1n) is 2.64. The Morgan fingerprint density at radius 3 is 3.00 bits per heavy atom. The van der Waals surface area contributed by atoms with Gasteiger partial charge in [0.15, 0.2) is 0 Å². The second-order valence-electron chi connectivity index (χ2n) is 1.77. The van der Waals surface area contributed by atoms with Gasteiger partial charge in [-0.25, -0.2) is 0 Å². The molecule has 0 fully saturated rings. The van der Waals surface area contributed by atoms with Gasteiger partial charge in [-0.05, 0) is 15.9 Å². The molecule has 48 valence electrons. The highest BCUT2D eigenvalue weighted by Gasteiger charge is 1.92. The van der Waals surface area contributed by atoms with Crippen molar-refractivity contribution in [3.8, 4) is 0 Å². The number of rotatable bonds is 2. The zero-order valence-corrected chi connectivity index (χ0v) is 7.33. The van der Waals surface area contributed by atoms with Crippen LogP contribution < -0.4 is 0 Å². The van der Waals surface area contributed by atoms with E-state index in [0.29, 0.717) is 0 Å². The number of allylic oxidation sites excluding steroid dienone is 1. The molecule has 0 amide bonds. The molecule has 0 bridgehead atoms. The lowest BCUT2D eigenvalue weighted by Gasteiger charge is -1.89. The Morgan fingerprint density at radius 1 is 1.78 bits per heavy atom. The Morgan fingerprint density at radius 2 is 2.56 bits per heavy atom. The third-order valence-corrected chi connectivity index (χ3v) is 2.10. The summed E-state index contributed by atoms with van der Waals surface area (Å²) < 4.78 is 1.05. The fourth-order valence-electron chi connectivity index (χ4n) is 0.602. The van der Waals surface area contributed by atoms with Crippen LogP contribution in [0.5, 0.6) is 0 Å². The monoisotopic (exact) mass is 202 g/mol. The molecule has 1 rings (SSSR count). The number of halogens is 1. The third-order valence-electron chi connectivity index (χ3n) is 0.946. The van der Waals surface area contributed by atoms with Crippen molar-refractivity contribution < 1.29 is 0 Å². The fraction of sp³-hybridized carbons (Fsp3) is 0.143. The maximum Gasteiger partial charge on any atom is 0.0129 e. The lowest BCUT2D eigenvalue weighted by molar-refractivity contribution is 1.33. The van der Waals surface area contributed by atoms with Gasteiger partial charge >= 0.3 is 0 Å². The van der Waals surface area contributed by atoms with Crippen molar-refractivity contribution in [3.63, 3.8) is 0 Å². The van der Waals surface area contributed by atoms with E-state index in [1.807, 2.05) is 0 Å². The van der Waals surface area contributed by atoms with Gasteiger partial charge < -0.3 is 0 Å². The molecule has 0 spiro atoms. The SMILES string of the molecule is C=C(Br)Cc1cccs1. The van der Waals surface area contributed by atoms with Crippen molar-refractivity contribution in [1.29, 1.82) is 0 Å². The summed E-state index contributed by atoms with van der Waals surface area (Å²) in [7, 11) is 0. The van der Waals surface area contributed by atoms with Gasteiger partial charge in [0.25, 0.3) is 0 Å². The zero-order chi connectivity index (χ0) is 6.69. The molecule has 0 radical (unpaired) electrons. The van der Waals surface area contributed by atoms with Crippen LogP contribution in [-0.4, -0.2) is 0 Å². The van der Waals surface area contributed by atoms with Crippen LogP contribution in [0.4, 0.5) is 0 Å². The van der Waals surface area contributed by atoms with Gasteiger partial charge in [0, 0.05) is 11.3 Å². The van der Waals surface area contributed by atoms with E-state index in [-0.39, 0.29) is 0 Å². The number of thiophene rings is 1. The van der Waals surface area contributed by atoms with Crippen LogP contribution >= 0.6 is 27.3 Å². The third kappa shape index (κ3) is 2.33. The molecule has 0 aliphatic heterocycles. The van der Waals surface area contributed by atoms with E-state index in [4.69, 9.17) is 0 Å². The van der Waals surface area contributed by atoms with Crippen molar-refractivity contribution in [2.24, 2.45) is 0 Å². The van der Waals surface area contributed by atoms with E-state index < -0.39 is 0 Å². The molecular formula is C7H7BrS. The molecule has 0 aliphatic rings. The first kappa shape index (κ1) is 7.03. The Balaban J connectivity index is 2.58. The van der Waals surface area contributed by atoms with Gasteiger partial charge in [0.05, 0.1) is 0 Å². The predicted octanol–water partition coefficient (Wildman–Crippen LogP) is 3.20. The molecule has 9 heavy (non-hydrogen) atoms. The van der Waals surface area contributed by atoms with Gasteiger partial charge in [-0.1, -0.05) is 28.6 Å². The summed E-state index contributed by atoms with van der Waals surface area (Å²) >= 11 is 5.07. The molecule has 0 atom stereocenters. The highest BCUT2D eigenvalue weighted by molar-refractivity contribution is 9.11. The minimum absolute atomic E-state index is 0.956. The Hall–Kier alpha value is -0.0800. The molecule has 0 aliphatic carbocycles. The molecule has 1 aromatic heterocycles. The standard InChI is InChI=1S/C7H7BrS/c1-6(8)5-7-3-2-4-9-7/h2-4H,1,5H2. The fourth-order valence-corrected chi connectivity index (χ4v) is 1.84. The Kier molecular flexibility index (Phi) is 2.49. The van der Waals surface area contributed by atoms with Crippen LogP contribution in [0.3, 0.4) is 0 Å². The average molecular weight is 203 g/mol. The summed E-state index contributed by atoms with van der Waals surface area (Å²) in [4.78, 5) is 1.36. The summed E-state index contributed by atoms with van der Waals surface area (Å²) in [5.74, 6) is 0. The van der Waals surface area contributed by atoms with E-state index in [2.05, 4.69) is 40.0 Å². The maximum atomic E-state index is 3.75. The van der Waals surface area contributed by atoms with E-state index in [0.717, 1.165) is 10.9 Å². The highest BCUT2D eigenvalue weighted by atomic mass is 79.9. The smallest absolute Gasteiger partial charge is 0.0129 e. The van der Waals surface area contributed by atoms with Crippen molar-refractivity contribution in [1.82, 2.24) is 0 Å². The van der Waals surface area contributed by atoms with Crippen LogP contribution in [0.1, 0.15) is 4.88 Å². The first-order valence-corrected chi connectivity index (χ1v) is 4.32.